The fraction of sp³-hybridized carbons (Fsp3) is 0. The highest BCUT2D eigenvalue weighted by atomic mass is 31.2. The van der Waals surface area contributed by atoms with Gasteiger partial charge in [-0.3, -0.25) is 0 Å². The first-order valence-electron chi connectivity index (χ1n) is 3.05. The van der Waals surface area contributed by atoms with E-state index in [1.807, 2.05) is 0 Å². The molecule has 0 radical (unpaired) electrons. The number of rotatable bonds is 3. The SMILES string of the molecule is NOP(O)Oc1ccc(O)cc1. The van der Waals surface area contributed by atoms with Crippen LogP contribution in [0.2, 0.25) is 0 Å². The van der Waals surface area contributed by atoms with E-state index in [1.54, 1.807) is 0 Å². The molecule has 1 atom stereocenters. The van der Waals surface area contributed by atoms with Crippen LogP contribution in [0.15, 0.2) is 24.3 Å². The highest BCUT2D eigenvalue weighted by molar-refractivity contribution is 7.40. The van der Waals surface area contributed by atoms with Crippen LogP contribution in [0.3, 0.4) is 0 Å². The van der Waals surface area contributed by atoms with Gasteiger partial charge in [-0.1, -0.05) is 0 Å². The minimum Gasteiger partial charge on any atom is -0.508 e. The Labute approximate surface area is 70.3 Å². The second-order valence-electron chi connectivity index (χ2n) is 1.93. The van der Waals surface area contributed by atoms with E-state index in [1.165, 1.54) is 24.3 Å². The maximum absolute atomic E-state index is 8.88. The molecule has 1 unspecified atom stereocenters. The maximum atomic E-state index is 8.88. The Balaban J connectivity index is 2.58. The normalized spacial score (nSPS) is 12.5. The molecule has 5 nitrogen and oxygen atoms in total. The molecule has 4 N–H and O–H groups in total. The van der Waals surface area contributed by atoms with Gasteiger partial charge in [-0.25, -0.2) is 10.5 Å². The lowest BCUT2D eigenvalue weighted by molar-refractivity contribution is 0.269. The largest absolute Gasteiger partial charge is 0.508 e. The molecule has 0 fully saturated rings. The summed E-state index contributed by atoms with van der Waals surface area (Å²) < 4.78 is 8.80. The van der Waals surface area contributed by atoms with Crippen LogP contribution in [0.25, 0.3) is 0 Å². The highest BCUT2D eigenvalue weighted by Gasteiger charge is 2.05. The first-order valence-corrected chi connectivity index (χ1v) is 4.18. The average molecular weight is 189 g/mol. The quantitative estimate of drug-likeness (QED) is 0.485. The molecule has 0 saturated carbocycles. The number of hydrogen-bond donors (Lipinski definition) is 3. The Morgan fingerprint density at radius 3 is 2.33 bits per heavy atom. The Morgan fingerprint density at radius 1 is 1.25 bits per heavy atom. The van der Waals surface area contributed by atoms with E-state index < -0.39 is 8.60 Å². The standard InChI is InChI=1S/C6H8NO4P/c7-11-12(9)10-6-3-1-5(8)2-4-6/h1-4,8-9H,7H2. The van der Waals surface area contributed by atoms with E-state index in [4.69, 9.17) is 14.5 Å². The molecule has 1 rings (SSSR count). The van der Waals surface area contributed by atoms with E-state index >= 15 is 0 Å². The van der Waals surface area contributed by atoms with E-state index in [0.717, 1.165) is 0 Å². The summed E-state index contributed by atoms with van der Waals surface area (Å²) in [6.07, 6.45) is 0. The first kappa shape index (κ1) is 9.22. The molecule has 0 amide bonds. The van der Waals surface area contributed by atoms with E-state index in [9.17, 15) is 0 Å². The van der Waals surface area contributed by atoms with Gasteiger partial charge in [0.15, 0.2) is 0 Å². The molecule has 0 bridgehead atoms. The van der Waals surface area contributed by atoms with E-state index in [-0.39, 0.29) is 5.75 Å². The Bertz CT molecular complexity index is 240. The van der Waals surface area contributed by atoms with Gasteiger partial charge in [0.2, 0.25) is 0 Å². The van der Waals surface area contributed by atoms with Crippen LogP contribution in [0.1, 0.15) is 0 Å². The summed E-state index contributed by atoms with van der Waals surface area (Å²) in [7, 11) is -2.07. The smallest absolute Gasteiger partial charge is 0.412 e. The zero-order chi connectivity index (χ0) is 8.97. The van der Waals surface area contributed by atoms with Crippen LogP contribution in [-0.2, 0) is 4.62 Å². The monoisotopic (exact) mass is 189 g/mol. The molecule has 1 aromatic rings. The number of aromatic hydroxyl groups is 1. The third kappa shape index (κ3) is 2.64. The maximum Gasteiger partial charge on any atom is 0.412 e. The predicted octanol–water partition coefficient (Wildman–Crippen LogP) is 0.880. The van der Waals surface area contributed by atoms with Crippen molar-refractivity contribution in [3.63, 3.8) is 0 Å². The van der Waals surface area contributed by atoms with Crippen molar-refractivity contribution in [2.24, 2.45) is 5.90 Å². The molecule has 0 spiro atoms. The number of phenols is 1. The molecule has 1 aromatic carbocycles. The molecule has 0 aliphatic heterocycles. The zero-order valence-corrected chi connectivity index (χ0v) is 6.94. The third-order valence-electron chi connectivity index (χ3n) is 1.11. The molecule has 0 aliphatic carbocycles. The molecule has 6 heteroatoms. The molecule has 0 aliphatic rings. The molecular weight excluding hydrogens is 181 g/mol. The summed E-state index contributed by atoms with van der Waals surface area (Å²) in [6.45, 7) is 0. The number of benzene rings is 1. The van der Waals surface area contributed by atoms with Gasteiger partial charge in [0, 0.05) is 0 Å². The van der Waals surface area contributed by atoms with Gasteiger partial charge in [0.05, 0.1) is 0 Å². The molecule has 0 heterocycles. The fourth-order valence-corrected chi connectivity index (χ4v) is 0.964. The number of phenolic OH excluding ortho intramolecular Hbond substituents is 1. The van der Waals surface area contributed by atoms with Gasteiger partial charge in [0.1, 0.15) is 11.5 Å². The Morgan fingerprint density at radius 2 is 1.83 bits per heavy atom. The van der Waals surface area contributed by atoms with Gasteiger partial charge >= 0.3 is 8.60 Å². The average Bonchev–Trinajstić information content (AvgIpc) is 2.09. The van der Waals surface area contributed by atoms with Crippen LogP contribution in [0, 0.1) is 0 Å². The lowest BCUT2D eigenvalue weighted by Gasteiger charge is -2.07. The van der Waals surface area contributed by atoms with Crippen molar-refractivity contribution in [1.29, 1.82) is 0 Å². The van der Waals surface area contributed by atoms with Crippen LogP contribution in [0.5, 0.6) is 11.5 Å². The fourth-order valence-electron chi connectivity index (χ4n) is 0.619. The highest BCUT2D eigenvalue weighted by Crippen LogP contribution is 2.32. The number of nitrogens with two attached hydrogens (primary N) is 1. The topological polar surface area (TPSA) is 84.9 Å². The van der Waals surface area contributed by atoms with Gasteiger partial charge in [-0.15, -0.1) is 0 Å². The van der Waals surface area contributed by atoms with Crippen LogP contribution < -0.4 is 10.4 Å². The lowest BCUT2D eigenvalue weighted by atomic mass is 10.3. The summed E-state index contributed by atoms with van der Waals surface area (Å²) >= 11 is 0. The van der Waals surface area contributed by atoms with Crippen molar-refractivity contribution in [3.8, 4) is 11.5 Å². The van der Waals surface area contributed by atoms with Gasteiger partial charge < -0.3 is 14.5 Å². The van der Waals surface area contributed by atoms with E-state index in [2.05, 4.69) is 10.5 Å². The third-order valence-corrected chi connectivity index (χ3v) is 1.66. The molecule has 66 valence electrons. The molecule has 12 heavy (non-hydrogen) atoms. The van der Waals surface area contributed by atoms with Crippen LogP contribution in [-0.4, -0.2) is 10.00 Å². The van der Waals surface area contributed by atoms with Crippen LogP contribution >= 0.6 is 8.60 Å². The van der Waals surface area contributed by atoms with Crippen molar-refractivity contribution in [2.75, 3.05) is 0 Å². The summed E-state index contributed by atoms with van der Waals surface area (Å²) in [5.74, 6) is 5.16. The lowest BCUT2D eigenvalue weighted by Crippen LogP contribution is -1.97. The molecule has 0 aromatic heterocycles. The van der Waals surface area contributed by atoms with Gasteiger partial charge in [-0.2, -0.15) is 0 Å². The van der Waals surface area contributed by atoms with Crippen LogP contribution in [0.4, 0.5) is 0 Å². The minimum absolute atomic E-state index is 0.123. The Hall–Kier alpha value is -0.870. The van der Waals surface area contributed by atoms with Crippen molar-refractivity contribution in [1.82, 2.24) is 0 Å². The van der Waals surface area contributed by atoms with Gasteiger partial charge in [0.25, 0.3) is 0 Å². The summed E-state index contributed by atoms with van der Waals surface area (Å²) in [4.78, 5) is 8.81. The van der Waals surface area contributed by atoms with Crippen molar-refractivity contribution in [3.05, 3.63) is 24.3 Å². The minimum atomic E-state index is -2.07. The predicted molar refractivity (Wildman–Crippen MR) is 43.1 cm³/mol. The summed E-state index contributed by atoms with van der Waals surface area (Å²) in [6, 6.07) is 5.82. The van der Waals surface area contributed by atoms with Gasteiger partial charge in [-0.05, 0) is 24.3 Å². The van der Waals surface area contributed by atoms with E-state index in [0.29, 0.717) is 5.75 Å². The first-order chi connectivity index (χ1) is 5.72. The second-order valence-corrected chi connectivity index (χ2v) is 2.80. The molecular formula is C6H8NO4P. The zero-order valence-electron chi connectivity index (χ0n) is 6.04. The summed E-state index contributed by atoms with van der Waals surface area (Å²) in [5.41, 5.74) is 0. The van der Waals surface area contributed by atoms with Crippen molar-refractivity contribution in [2.45, 2.75) is 0 Å². The Kier molecular flexibility index (Phi) is 3.25. The van der Waals surface area contributed by atoms with Crippen molar-refractivity contribution >= 4 is 8.60 Å². The number of hydrogen-bond acceptors (Lipinski definition) is 5. The van der Waals surface area contributed by atoms with Crippen molar-refractivity contribution < 1.29 is 19.1 Å². The summed E-state index contributed by atoms with van der Waals surface area (Å²) in [5, 5.41) is 8.88. The molecule has 0 saturated heterocycles. The second kappa shape index (κ2) is 4.23.